The Bertz CT molecular complexity index is 1110. The maximum Gasteiger partial charge on any atom is 0.262 e. The molecular weight excluding hydrogens is 386 g/mol. The summed E-state index contributed by atoms with van der Waals surface area (Å²) in [7, 11) is 0. The molecule has 4 aromatic rings. The summed E-state index contributed by atoms with van der Waals surface area (Å²) >= 11 is 3.21. The lowest BCUT2D eigenvalue weighted by atomic mass is 9.99. The van der Waals surface area contributed by atoms with Crippen molar-refractivity contribution in [2.45, 2.75) is 13.1 Å². The second-order valence-corrected chi connectivity index (χ2v) is 8.23. The van der Waals surface area contributed by atoms with Crippen molar-refractivity contribution in [1.82, 2.24) is 4.98 Å². The first-order chi connectivity index (χ1) is 13.8. The Morgan fingerprint density at radius 1 is 0.964 bits per heavy atom. The van der Waals surface area contributed by atoms with Crippen molar-refractivity contribution in [1.29, 1.82) is 0 Å². The van der Waals surface area contributed by atoms with Crippen LogP contribution >= 0.6 is 22.7 Å². The zero-order chi connectivity index (χ0) is 19.1. The third kappa shape index (κ3) is 2.65. The Labute approximate surface area is 171 Å². The Hall–Kier alpha value is -2.96. The highest BCUT2D eigenvalue weighted by molar-refractivity contribution is 7.14. The van der Waals surface area contributed by atoms with Crippen LogP contribution in [0.3, 0.4) is 0 Å². The lowest BCUT2D eigenvalue weighted by Crippen LogP contribution is -2.48. The van der Waals surface area contributed by atoms with Crippen molar-refractivity contribution in [3.05, 3.63) is 93.8 Å². The summed E-state index contributed by atoms with van der Waals surface area (Å²) in [5.74, 6) is 0.00473. The largest absolute Gasteiger partial charge is 0.305 e. The van der Waals surface area contributed by atoms with Crippen LogP contribution < -0.4 is 9.80 Å². The third-order valence-corrected chi connectivity index (χ3v) is 6.40. The molecular formula is C22H17N3OS2. The molecule has 1 atom stereocenters. The quantitative estimate of drug-likeness (QED) is 0.420. The van der Waals surface area contributed by atoms with E-state index in [-0.39, 0.29) is 12.1 Å². The second-order valence-electron chi connectivity index (χ2n) is 6.59. The van der Waals surface area contributed by atoms with E-state index in [1.165, 1.54) is 0 Å². The first-order valence-electron chi connectivity index (χ1n) is 8.95. The lowest BCUT2D eigenvalue weighted by molar-refractivity contribution is 0.0970. The van der Waals surface area contributed by atoms with Crippen LogP contribution in [0.4, 0.5) is 16.4 Å². The van der Waals surface area contributed by atoms with E-state index in [9.17, 15) is 4.79 Å². The highest BCUT2D eigenvalue weighted by atomic mass is 32.1. The maximum atomic E-state index is 13.7. The van der Waals surface area contributed by atoms with Crippen molar-refractivity contribution in [2.24, 2.45) is 0 Å². The van der Waals surface area contributed by atoms with Gasteiger partial charge in [-0.15, -0.1) is 22.7 Å². The van der Waals surface area contributed by atoms with E-state index < -0.39 is 0 Å². The molecule has 1 amide bonds. The smallest absolute Gasteiger partial charge is 0.262 e. The molecule has 0 aliphatic carbocycles. The van der Waals surface area contributed by atoms with Gasteiger partial charge in [-0.1, -0.05) is 30.3 Å². The first-order valence-corrected chi connectivity index (χ1v) is 10.8. The van der Waals surface area contributed by atoms with Gasteiger partial charge in [-0.3, -0.25) is 9.69 Å². The van der Waals surface area contributed by atoms with Gasteiger partial charge in [-0.2, -0.15) is 0 Å². The van der Waals surface area contributed by atoms with Gasteiger partial charge in [0, 0.05) is 11.1 Å². The van der Waals surface area contributed by atoms with Crippen molar-refractivity contribution >= 4 is 45.0 Å². The molecule has 0 saturated heterocycles. The molecule has 0 fully saturated rings. The first kappa shape index (κ1) is 17.2. The second kappa shape index (κ2) is 6.89. The van der Waals surface area contributed by atoms with Crippen LogP contribution in [0.5, 0.6) is 0 Å². The van der Waals surface area contributed by atoms with E-state index in [1.54, 1.807) is 22.7 Å². The van der Waals surface area contributed by atoms with Gasteiger partial charge in [0.05, 0.1) is 27.5 Å². The van der Waals surface area contributed by atoms with Crippen molar-refractivity contribution in [2.75, 3.05) is 9.80 Å². The number of aromatic nitrogens is 1. The zero-order valence-corrected chi connectivity index (χ0v) is 16.8. The third-order valence-electron chi connectivity index (χ3n) is 4.93. The van der Waals surface area contributed by atoms with Gasteiger partial charge in [0.15, 0.2) is 6.17 Å². The maximum absolute atomic E-state index is 13.7. The number of carbonyl (C=O) groups excluding carboxylic acids is 1. The van der Waals surface area contributed by atoms with E-state index in [0.717, 1.165) is 33.2 Å². The molecule has 2 aromatic heterocycles. The van der Waals surface area contributed by atoms with Crippen LogP contribution in [0.1, 0.15) is 27.8 Å². The predicted octanol–water partition coefficient (Wildman–Crippen LogP) is 6.01. The molecule has 6 heteroatoms. The van der Waals surface area contributed by atoms with Gasteiger partial charge in [-0.25, -0.2) is 4.98 Å². The number of aryl methyl sites for hydroxylation is 1. The van der Waals surface area contributed by atoms with Crippen molar-refractivity contribution in [3.8, 4) is 0 Å². The molecule has 1 unspecified atom stereocenters. The highest BCUT2D eigenvalue weighted by Gasteiger charge is 2.42. The normalized spacial score (nSPS) is 16.3. The number of benzene rings is 2. The number of hydrogen-bond donors (Lipinski definition) is 0. The monoisotopic (exact) mass is 403 g/mol. The molecule has 0 spiro atoms. The van der Waals surface area contributed by atoms with Gasteiger partial charge in [0.25, 0.3) is 5.91 Å². The fraction of sp³-hybridized carbons (Fsp3) is 0.0909. The number of nitrogens with zero attached hydrogens (tertiary/aromatic N) is 3. The van der Waals surface area contributed by atoms with E-state index >= 15 is 0 Å². The number of rotatable bonds is 3. The fourth-order valence-electron chi connectivity index (χ4n) is 3.72. The van der Waals surface area contributed by atoms with E-state index in [2.05, 4.69) is 21.3 Å². The molecule has 5 rings (SSSR count). The summed E-state index contributed by atoms with van der Waals surface area (Å²) in [6, 6.07) is 20.0. The van der Waals surface area contributed by atoms with E-state index in [4.69, 9.17) is 0 Å². The van der Waals surface area contributed by atoms with Gasteiger partial charge in [0.2, 0.25) is 0 Å². The van der Waals surface area contributed by atoms with Crippen LogP contribution in [-0.4, -0.2) is 10.9 Å². The van der Waals surface area contributed by atoms with Crippen LogP contribution in [0.2, 0.25) is 0 Å². The van der Waals surface area contributed by atoms with E-state index in [0.29, 0.717) is 0 Å². The number of fused-ring (bicyclic) bond motifs is 1. The standard InChI is InChI=1S/C22H17N3OS2/c1-15-7-5-10-18-20(15)22(26)24(16-8-3-2-4-9-16)21(17-13-27-14-23-17)25(18)19-11-6-12-28-19/h2-14,21H,1H3. The van der Waals surface area contributed by atoms with Gasteiger partial charge < -0.3 is 4.90 Å². The molecule has 0 bridgehead atoms. The number of amides is 1. The average Bonchev–Trinajstić information content (AvgIpc) is 3.42. The molecule has 0 saturated carbocycles. The summed E-state index contributed by atoms with van der Waals surface area (Å²) in [5.41, 5.74) is 6.19. The summed E-state index contributed by atoms with van der Waals surface area (Å²) in [4.78, 5) is 22.4. The Kier molecular flexibility index (Phi) is 4.22. The molecule has 1 aliphatic rings. The summed E-state index contributed by atoms with van der Waals surface area (Å²) < 4.78 is 0. The van der Waals surface area contributed by atoms with Gasteiger partial charge >= 0.3 is 0 Å². The molecule has 28 heavy (non-hydrogen) atoms. The minimum atomic E-state index is -0.339. The number of para-hydroxylation sites is 1. The topological polar surface area (TPSA) is 36.4 Å². The average molecular weight is 404 g/mol. The number of anilines is 3. The number of hydrogen-bond acceptors (Lipinski definition) is 5. The summed E-state index contributed by atoms with van der Waals surface area (Å²) in [5, 5.41) is 5.17. The SMILES string of the molecule is Cc1cccc2c1C(=O)N(c1ccccc1)C(c1cscn1)N2c1cccs1. The molecule has 2 aromatic carbocycles. The van der Waals surface area contributed by atoms with E-state index in [1.807, 2.05) is 77.3 Å². The molecule has 1 aliphatic heterocycles. The number of thiophene rings is 1. The van der Waals surface area contributed by atoms with Gasteiger partial charge in [0.1, 0.15) is 0 Å². The van der Waals surface area contributed by atoms with Crippen LogP contribution in [0.25, 0.3) is 0 Å². The minimum absolute atomic E-state index is 0.00473. The zero-order valence-electron chi connectivity index (χ0n) is 15.1. The summed E-state index contributed by atoms with van der Waals surface area (Å²) in [6.45, 7) is 2.00. The Balaban J connectivity index is 1.82. The van der Waals surface area contributed by atoms with Crippen molar-refractivity contribution in [3.63, 3.8) is 0 Å². The molecule has 0 N–H and O–H groups in total. The Morgan fingerprint density at radius 3 is 2.54 bits per heavy atom. The minimum Gasteiger partial charge on any atom is -0.305 e. The lowest BCUT2D eigenvalue weighted by Gasteiger charge is -2.44. The number of thiazole rings is 1. The summed E-state index contributed by atoms with van der Waals surface area (Å²) in [6.07, 6.45) is -0.339. The predicted molar refractivity (Wildman–Crippen MR) is 116 cm³/mol. The fourth-order valence-corrected chi connectivity index (χ4v) is 5.05. The van der Waals surface area contributed by atoms with Crippen LogP contribution in [0, 0.1) is 6.92 Å². The molecule has 3 heterocycles. The Morgan fingerprint density at radius 2 is 1.82 bits per heavy atom. The van der Waals surface area contributed by atoms with Gasteiger partial charge in [-0.05, 0) is 48.2 Å². The molecule has 138 valence electrons. The highest BCUT2D eigenvalue weighted by Crippen LogP contribution is 2.47. The van der Waals surface area contributed by atoms with Crippen LogP contribution in [0.15, 0.2) is 76.9 Å². The molecule has 4 nitrogen and oxygen atoms in total. The van der Waals surface area contributed by atoms with Crippen molar-refractivity contribution < 1.29 is 4.79 Å². The molecule has 0 radical (unpaired) electrons. The van der Waals surface area contributed by atoms with Crippen LogP contribution in [-0.2, 0) is 0 Å². The number of carbonyl (C=O) groups is 1.